The summed E-state index contributed by atoms with van der Waals surface area (Å²) in [4.78, 5) is 12.8. The molecule has 1 fully saturated rings. The van der Waals surface area contributed by atoms with E-state index in [1.165, 1.54) is 11.3 Å². The summed E-state index contributed by atoms with van der Waals surface area (Å²) < 4.78 is 1.89. The van der Waals surface area contributed by atoms with Crippen LogP contribution in [0.5, 0.6) is 0 Å². The molecule has 1 amide bonds. The topological polar surface area (TPSA) is 29.1 Å². The van der Waals surface area contributed by atoms with E-state index in [1.807, 2.05) is 6.07 Å². The fourth-order valence-corrected chi connectivity index (χ4v) is 4.16. The van der Waals surface area contributed by atoms with Crippen molar-refractivity contribution >= 4 is 49.1 Å². The Balaban J connectivity index is 2.09. The molecule has 2 nitrogen and oxygen atoms in total. The van der Waals surface area contributed by atoms with Crippen LogP contribution in [0, 0.1) is 10.8 Å². The molecular weight excluding hydrogens is 366 g/mol. The van der Waals surface area contributed by atoms with Gasteiger partial charge in [0.25, 0.3) is 5.91 Å². The number of amides is 1. The van der Waals surface area contributed by atoms with E-state index in [1.54, 1.807) is 0 Å². The van der Waals surface area contributed by atoms with Gasteiger partial charge in [-0.1, -0.05) is 27.7 Å². The Morgan fingerprint density at radius 2 is 1.82 bits per heavy atom. The molecule has 0 unspecified atom stereocenters. The van der Waals surface area contributed by atoms with E-state index >= 15 is 0 Å². The van der Waals surface area contributed by atoms with Crippen molar-refractivity contribution in [3.05, 3.63) is 19.2 Å². The van der Waals surface area contributed by atoms with Crippen LogP contribution in [-0.2, 0) is 0 Å². The maximum atomic E-state index is 12.1. The highest BCUT2D eigenvalue weighted by Gasteiger charge is 2.65. The third kappa shape index (κ3) is 2.10. The molecule has 1 aliphatic carbocycles. The Kier molecular flexibility index (Phi) is 3.24. The van der Waals surface area contributed by atoms with Crippen LogP contribution in [-0.4, -0.2) is 11.9 Å². The Hall–Kier alpha value is 0.130. The van der Waals surface area contributed by atoms with E-state index in [9.17, 15) is 4.79 Å². The average molecular weight is 381 g/mol. The van der Waals surface area contributed by atoms with Gasteiger partial charge in [0.05, 0.1) is 8.66 Å². The van der Waals surface area contributed by atoms with Crippen molar-refractivity contribution in [3.8, 4) is 0 Å². The van der Waals surface area contributed by atoms with Gasteiger partial charge >= 0.3 is 0 Å². The molecule has 0 aromatic carbocycles. The van der Waals surface area contributed by atoms with Gasteiger partial charge in [0, 0.05) is 10.5 Å². The van der Waals surface area contributed by atoms with Gasteiger partial charge in [-0.05, 0) is 48.8 Å². The minimum Gasteiger partial charge on any atom is -0.347 e. The fraction of sp³-hybridized carbons (Fsp3) is 0.583. The van der Waals surface area contributed by atoms with Crippen LogP contribution in [0.2, 0.25) is 0 Å². The summed E-state index contributed by atoms with van der Waals surface area (Å²) in [7, 11) is 0. The molecule has 1 aromatic rings. The Morgan fingerprint density at radius 1 is 1.29 bits per heavy atom. The van der Waals surface area contributed by atoms with E-state index in [0.29, 0.717) is 0 Å². The molecule has 0 radical (unpaired) electrons. The maximum absolute atomic E-state index is 12.1. The smallest absolute Gasteiger partial charge is 0.261 e. The maximum Gasteiger partial charge on any atom is 0.261 e. The molecule has 5 heteroatoms. The lowest BCUT2D eigenvalue weighted by molar-refractivity contribution is 0.0947. The number of hydrogen-bond donors (Lipinski definition) is 1. The minimum absolute atomic E-state index is 0.0186. The second-order valence-corrected chi connectivity index (χ2v) is 8.81. The molecule has 0 aliphatic heterocycles. The molecule has 0 bridgehead atoms. The summed E-state index contributed by atoms with van der Waals surface area (Å²) in [5.41, 5.74) is 0.350. The zero-order valence-electron chi connectivity index (χ0n) is 10.2. The van der Waals surface area contributed by atoms with Gasteiger partial charge in [0.1, 0.15) is 0 Å². The Labute approximate surface area is 122 Å². The van der Waals surface area contributed by atoms with Gasteiger partial charge in [-0.3, -0.25) is 4.79 Å². The average Bonchev–Trinajstić information content (AvgIpc) is 2.51. The lowest BCUT2D eigenvalue weighted by Crippen LogP contribution is -2.29. The molecule has 0 atom stereocenters. The summed E-state index contributed by atoms with van der Waals surface area (Å²) in [6, 6.07) is 2.11. The van der Waals surface area contributed by atoms with Crippen LogP contribution >= 0.6 is 43.2 Å². The second-order valence-electron chi connectivity index (χ2n) is 5.58. The van der Waals surface area contributed by atoms with E-state index in [4.69, 9.17) is 0 Å². The van der Waals surface area contributed by atoms with Crippen molar-refractivity contribution in [3.63, 3.8) is 0 Å². The van der Waals surface area contributed by atoms with Crippen LogP contribution in [0.25, 0.3) is 0 Å². The molecule has 94 valence electrons. The van der Waals surface area contributed by atoms with E-state index in [2.05, 4.69) is 64.9 Å². The van der Waals surface area contributed by atoms with Gasteiger partial charge in [0.15, 0.2) is 0 Å². The van der Waals surface area contributed by atoms with Crippen molar-refractivity contribution in [1.82, 2.24) is 5.32 Å². The van der Waals surface area contributed by atoms with E-state index < -0.39 is 0 Å². The summed E-state index contributed by atoms with van der Waals surface area (Å²) in [5.74, 6) is 0.0186. The second kappa shape index (κ2) is 4.07. The molecule has 0 spiro atoms. The molecule has 1 aromatic heterocycles. The Morgan fingerprint density at radius 3 is 2.18 bits per heavy atom. The van der Waals surface area contributed by atoms with Gasteiger partial charge < -0.3 is 5.32 Å². The molecule has 1 aliphatic rings. The van der Waals surface area contributed by atoms with Crippen LogP contribution in [0.1, 0.15) is 37.4 Å². The van der Waals surface area contributed by atoms with Crippen LogP contribution in [0.3, 0.4) is 0 Å². The molecule has 1 heterocycles. The molecule has 2 rings (SSSR count). The first kappa shape index (κ1) is 13.6. The van der Waals surface area contributed by atoms with E-state index in [-0.39, 0.29) is 22.8 Å². The number of thiophene rings is 1. The SMILES string of the molecule is CC1(C)C(NC(=O)c2cc(Br)c(Br)s2)C1(C)C. The van der Waals surface area contributed by atoms with Crippen molar-refractivity contribution in [2.24, 2.45) is 10.8 Å². The summed E-state index contributed by atoms with van der Waals surface area (Å²) in [5, 5.41) is 3.12. The van der Waals surface area contributed by atoms with Gasteiger partial charge in [-0.25, -0.2) is 0 Å². The highest BCUT2D eigenvalue weighted by Crippen LogP contribution is 2.62. The first-order valence-corrected chi connectivity index (χ1v) is 7.84. The molecule has 0 saturated heterocycles. The predicted octanol–water partition coefficient (Wildman–Crippen LogP) is 4.44. The number of rotatable bonds is 2. The zero-order chi connectivity index (χ0) is 13.0. The summed E-state index contributed by atoms with van der Waals surface area (Å²) in [6.07, 6.45) is 0. The normalized spacial score (nSPS) is 21.3. The minimum atomic E-state index is 0.0186. The van der Waals surface area contributed by atoms with Crippen molar-refractivity contribution in [1.29, 1.82) is 0 Å². The van der Waals surface area contributed by atoms with Crippen LogP contribution in [0.4, 0.5) is 0 Å². The number of carbonyl (C=O) groups is 1. The predicted molar refractivity (Wildman–Crippen MR) is 78.5 cm³/mol. The monoisotopic (exact) mass is 379 g/mol. The third-order valence-corrected chi connectivity index (χ3v) is 7.42. The molecular formula is C12H15Br2NOS. The van der Waals surface area contributed by atoms with Gasteiger partial charge in [0.2, 0.25) is 0 Å². The largest absolute Gasteiger partial charge is 0.347 e. The summed E-state index contributed by atoms with van der Waals surface area (Å²) in [6.45, 7) is 8.77. The molecule has 1 N–H and O–H groups in total. The Bertz CT molecular complexity index is 445. The summed E-state index contributed by atoms with van der Waals surface area (Å²) >= 11 is 8.25. The number of hydrogen-bond acceptors (Lipinski definition) is 2. The first-order valence-electron chi connectivity index (χ1n) is 5.43. The van der Waals surface area contributed by atoms with Crippen molar-refractivity contribution in [2.45, 2.75) is 33.7 Å². The number of halogens is 2. The van der Waals surface area contributed by atoms with Gasteiger partial charge in [-0.15, -0.1) is 11.3 Å². The fourth-order valence-electron chi connectivity index (χ4n) is 2.22. The number of nitrogens with one attached hydrogen (secondary N) is 1. The van der Waals surface area contributed by atoms with Crippen LogP contribution in [0.15, 0.2) is 14.3 Å². The van der Waals surface area contributed by atoms with Crippen LogP contribution < -0.4 is 5.32 Å². The lowest BCUT2D eigenvalue weighted by Gasteiger charge is -2.04. The first-order chi connectivity index (χ1) is 7.68. The zero-order valence-corrected chi connectivity index (χ0v) is 14.2. The molecule has 17 heavy (non-hydrogen) atoms. The van der Waals surface area contributed by atoms with Gasteiger partial charge in [-0.2, -0.15) is 0 Å². The molecule has 1 saturated carbocycles. The standard InChI is InChI=1S/C12H15Br2NOS/c1-11(2)10(12(11,3)4)15-9(16)7-5-6(13)8(14)17-7/h5,10H,1-4H3,(H,15,16). The highest BCUT2D eigenvalue weighted by atomic mass is 79.9. The third-order valence-electron chi connectivity index (χ3n) is 4.17. The van der Waals surface area contributed by atoms with E-state index in [0.717, 1.165) is 13.1 Å². The van der Waals surface area contributed by atoms with Crippen molar-refractivity contribution in [2.75, 3.05) is 0 Å². The number of carbonyl (C=O) groups excluding carboxylic acids is 1. The van der Waals surface area contributed by atoms with Crippen molar-refractivity contribution < 1.29 is 4.79 Å². The quantitative estimate of drug-likeness (QED) is 0.807. The lowest BCUT2D eigenvalue weighted by atomic mass is 10.0. The highest BCUT2D eigenvalue weighted by molar-refractivity contribution is 9.13.